The zero-order chi connectivity index (χ0) is 27.0. The van der Waals surface area contributed by atoms with Crippen LogP contribution in [0.25, 0.3) is 0 Å². The van der Waals surface area contributed by atoms with Gasteiger partial charge in [-0.05, 0) is 50.4 Å². The van der Waals surface area contributed by atoms with Crippen LogP contribution in [0.15, 0.2) is 0 Å². The van der Waals surface area contributed by atoms with E-state index in [1.54, 1.807) is 0 Å². The van der Waals surface area contributed by atoms with E-state index in [0.29, 0.717) is 38.9 Å². The zero-order valence-corrected chi connectivity index (χ0v) is 24.0. The van der Waals surface area contributed by atoms with Crippen LogP contribution in [-0.2, 0) is 19.1 Å². The molecule has 1 saturated carbocycles. The van der Waals surface area contributed by atoms with Crippen molar-refractivity contribution in [1.29, 1.82) is 0 Å². The molecule has 2 unspecified atom stereocenters. The predicted octanol–water partition coefficient (Wildman–Crippen LogP) is 7.13. The smallest absolute Gasteiger partial charge is 0.305 e. The molecule has 214 valence electrons. The highest BCUT2D eigenvalue weighted by Crippen LogP contribution is 2.17. The Hall–Kier alpha value is -1.14. The van der Waals surface area contributed by atoms with Crippen molar-refractivity contribution < 1.29 is 29.3 Å². The van der Waals surface area contributed by atoms with Crippen molar-refractivity contribution in [3.8, 4) is 0 Å². The summed E-state index contributed by atoms with van der Waals surface area (Å²) in [6, 6.07) is 0. The van der Waals surface area contributed by atoms with Gasteiger partial charge in [-0.15, -0.1) is 0 Å². The molecule has 0 aliphatic heterocycles. The molecular weight excluding hydrogens is 456 g/mol. The summed E-state index contributed by atoms with van der Waals surface area (Å²) in [5.74, 6) is 1.26. The molecule has 1 fully saturated rings. The number of esters is 2. The largest absolute Gasteiger partial charge is 0.466 e. The molecule has 0 aromatic rings. The molecule has 1 aliphatic rings. The fraction of sp³-hybridized carbons (Fsp3) is 0.933. The van der Waals surface area contributed by atoms with Crippen molar-refractivity contribution in [2.24, 2.45) is 11.8 Å². The lowest BCUT2D eigenvalue weighted by Gasteiger charge is -2.22. The average molecular weight is 515 g/mol. The zero-order valence-electron chi connectivity index (χ0n) is 24.0. The first-order chi connectivity index (χ1) is 17.2. The van der Waals surface area contributed by atoms with Crippen molar-refractivity contribution in [2.45, 2.75) is 155 Å². The highest BCUT2D eigenvalue weighted by atomic mass is 16.5. The number of carbonyl (C=O) groups is 2. The molecule has 1 aliphatic carbocycles. The number of aliphatic hydroxyl groups is 2. The fourth-order valence-electron chi connectivity index (χ4n) is 4.16. The molecule has 1 rings (SSSR count). The van der Waals surface area contributed by atoms with Crippen LogP contribution in [0.2, 0.25) is 0 Å². The summed E-state index contributed by atoms with van der Waals surface area (Å²) in [6.07, 6.45) is 16.7. The van der Waals surface area contributed by atoms with E-state index in [0.717, 1.165) is 63.2 Å². The van der Waals surface area contributed by atoms with Crippen LogP contribution in [0.1, 0.15) is 143 Å². The van der Waals surface area contributed by atoms with Crippen molar-refractivity contribution in [2.75, 3.05) is 13.2 Å². The van der Waals surface area contributed by atoms with Gasteiger partial charge < -0.3 is 19.7 Å². The van der Waals surface area contributed by atoms with Crippen molar-refractivity contribution in [3.63, 3.8) is 0 Å². The molecule has 36 heavy (non-hydrogen) atoms. The Morgan fingerprint density at radius 1 is 0.611 bits per heavy atom. The summed E-state index contributed by atoms with van der Waals surface area (Å²) >= 11 is 0. The number of hydrogen-bond acceptors (Lipinski definition) is 6. The molecule has 0 saturated heterocycles. The third kappa shape index (κ3) is 24.5. The van der Waals surface area contributed by atoms with E-state index < -0.39 is 12.2 Å². The van der Waals surface area contributed by atoms with Gasteiger partial charge in [0.2, 0.25) is 0 Å². The predicted molar refractivity (Wildman–Crippen MR) is 147 cm³/mol. The lowest BCUT2D eigenvalue weighted by Crippen LogP contribution is -2.28. The van der Waals surface area contributed by atoms with Gasteiger partial charge in [0.1, 0.15) is 0 Å². The first-order valence-electron chi connectivity index (χ1n) is 14.9. The molecule has 2 N–H and O–H groups in total. The molecule has 0 radical (unpaired) electrons. The van der Waals surface area contributed by atoms with Crippen LogP contribution in [0.3, 0.4) is 0 Å². The Balaban J connectivity index is 0.00000128. The normalized spacial score (nSPS) is 17.6. The molecule has 0 aromatic heterocycles. The average Bonchev–Trinajstić information content (AvgIpc) is 2.82. The van der Waals surface area contributed by atoms with E-state index in [1.165, 1.54) is 38.5 Å². The molecule has 0 heterocycles. The summed E-state index contributed by atoms with van der Waals surface area (Å²) in [5, 5.41) is 17.9. The van der Waals surface area contributed by atoms with E-state index in [4.69, 9.17) is 19.7 Å². The van der Waals surface area contributed by atoms with Gasteiger partial charge >= 0.3 is 11.9 Å². The van der Waals surface area contributed by atoms with E-state index in [2.05, 4.69) is 27.7 Å². The van der Waals surface area contributed by atoms with Crippen molar-refractivity contribution >= 4 is 11.9 Å². The van der Waals surface area contributed by atoms with Gasteiger partial charge in [-0.1, -0.05) is 91.9 Å². The molecule has 2 atom stereocenters. The summed E-state index contributed by atoms with van der Waals surface area (Å²) in [7, 11) is 0. The van der Waals surface area contributed by atoms with Crippen LogP contribution < -0.4 is 0 Å². The second kappa shape index (κ2) is 24.2. The van der Waals surface area contributed by atoms with Gasteiger partial charge in [0.25, 0.3) is 0 Å². The topological polar surface area (TPSA) is 93.1 Å². The molecular formula is C30H58O6. The number of ether oxygens (including phenoxy) is 2. The summed E-state index contributed by atoms with van der Waals surface area (Å²) in [4.78, 5) is 23.3. The lowest BCUT2D eigenvalue weighted by atomic mass is 9.95. The van der Waals surface area contributed by atoms with Gasteiger partial charge in [0.15, 0.2) is 0 Å². The second-order valence-electron chi connectivity index (χ2n) is 11.3. The van der Waals surface area contributed by atoms with Crippen molar-refractivity contribution in [1.82, 2.24) is 0 Å². The van der Waals surface area contributed by atoms with Crippen molar-refractivity contribution in [3.05, 3.63) is 0 Å². The van der Waals surface area contributed by atoms with E-state index in [1.807, 2.05) is 0 Å². The highest BCUT2D eigenvalue weighted by Gasteiger charge is 2.19. The number of rotatable bonds is 19. The molecule has 0 amide bonds. The van der Waals surface area contributed by atoms with E-state index >= 15 is 0 Å². The first-order valence-corrected chi connectivity index (χ1v) is 14.9. The van der Waals surface area contributed by atoms with E-state index in [-0.39, 0.29) is 11.9 Å². The van der Waals surface area contributed by atoms with Crippen LogP contribution >= 0.6 is 0 Å². The van der Waals surface area contributed by atoms with Crippen LogP contribution in [-0.4, -0.2) is 47.6 Å². The summed E-state index contributed by atoms with van der Waals surface area (Å²) in [5.41, 5.74) is 0. The van der Waals surface area contributed by atoms with Gasteiger partial charge in [-0.3, -0.25) is 9.59 Å². The van der Waals surface area contributed by atoms with Gasteiger partial charge in [-0.25, -0.2) is 0 Å². The number of unbranched alkanes of at least 4 members (excludes halogenated alkanes) is 7. The first kappa shape index (κ1) is 34.9. The minimum absolute atomic E-state index is 0.142. The second-order valence-corrected chi connectivity index (χ2v) is 11.3. The minimum Gasteiger partial charge on any atom is -0.466 e. The minimum atomic E-state index is -0.441. The van der Waals surface area contributed by atoms with Crippen LogP contribution in [0, 0.1) is 11.8 Å². The van der Waals surface area contributed by atoms with Gasteiger partial charge in [0.05, 0.1) is 25.4 Å². The Morgan fingerprint density at radius 2 is 0.972 bits per heavy atom. The Labute approximate surface area is 221 Å². The Bertz CT molecular complexity index is 474. The van der Waals surface area contributed by atoms with Gasteiger partial charge in [-0.2, -0.15) is 0 Å². The maximum absolute atomic E-state index is 11.7. The summed E-state index contributed by atoms with van der Waals surface area (Å²) < 4.78 is 10.5. The number of hydrogen-bond donors (Lipinski definition) is 2. The van der Waals surface area contributed by atoms with E-state index in [9.17, 15) is 9.59 Å². The van der Waals surface area contributed by atoms with Gasteiger partial charge in [0, 0.05) is 12.8 Å². The quantitative estimate of drug-likeness (QED) is 0.141. The third-order valence-corrected chi connectivity index (χ3v) is 6.58. The molecule has 0 aromatic carbocycles. The van der Waals surface area contributed by atoms with Crippen LogP contribution in [0.4, 0.5) is 0 Å². The van der Waals surface area contributed by atoms with Crippen LogP contribution in [0.5, 0.6) is 0 Å². The molecule has 0 spiro atoms. The molecule has 0 bridgehead atoms. The Kier molecular flexibility index (Phi) is 23.4. The standard InChI is InChI=1S/C24H46O4.C6H12O2/c1-21(2)15-9-5-7-13-19-27-23(25)17-11-12-18-24(26)28-20-14-8-6-10-16-22(3)4;7-5-3-1-2-4-6(5)8/h21-22H,5-20H2,1-4H3;5-8H,1-4H2. The maximum Gasteiger partial charge on any atom is 0.305 e. The number of carbonyl (C=O) groups excluding carboxylic acids is 2. The summed E-state index contributed by atoms with van der Waals surface area (Å²) in [6.45, 7) is 10.0. The molecule has 6 nitrogen and oxygen atoms in total. The monoisotopic (exact) mass is 514 g/mol. The molecule has 6 heteroatoms. The SMILES string of the molecule is CC(C)CCCCCCOC(=O)CCCCC(=O)OCCCCCCC(C)C.OC1CCCCC1O. The number of aliphatic hydroxyl groups excluding tert-OH is 2. The third-order valence-electron chi connectivity index (χ3n) is 6.58. The lowest BCUT2D eigenvalue weighted by molar-refractivity contribution is -0.146. The fourth-order valence-corrected chi connectivity index (χ4v) is 4.16. The Morgan fingerprint density at radius 3 is 1.31 bits per heavy atom. The highest BCUT2D eigenvalue weighted by molar-refractivity contribution is 5.70. The maximum atomic E-state index is 11.7.